The van der Waals surface area contributed by atoms with E-state index >= 15 is 0 Å². The van der Waals surface area contributed by atoms with Crippen molar-refractivity contribution in [2.75, 3.05) is 6.54 Å². The summed E-state index contributed by atoms with van der Waals surface area (Å²) in [6.45, 7) is 8.36. The third-order valence-corrected chi connectivity index (χ3v) is 3.12. The molecule has 0 spiro atoms. The molecule has 106 valence electrons. The van der Waals surface area contributed by atoms with Gasteiger partial charge in [-0.05, 0) is 24.9 Å². The summed E-state index contributed by atoms with van der Waals surface area (Å²) in [7, 11) is 0. The molecule has 20 heavy (non-hydrogen) atoms. The lowest BCUT2D eigenvalue weighted by atomic mass is 10.1. The number of benzene rings is 1. The maximum atomic E-state index is 4.44. The molecule has 3 nitrogen and oxygen atoms in total. The Morgan fingerprint density at radius 3 is 2.25 bits per heavy atom. The van der Waals surface area contributed by atoms with E-state index in [1.165, 1.54) is 11.1 Å². The lowest BCUT2D eigenvalue weighted by Crippen LogP contribution is -2.19. The fourth-order valence-electron chi connectivity index (χ4n) is 1.96. The monoisotopic (exact) mass is 269 g/mol. The molecule has 0 atom stereocenters. The predicted molar refractivity (Wildman–Crippen MR) is 82.6 cm³/mol. The van der Waals surface area contributed by atoms with Gasteiger partial charge >= 0.3 is 0 Å². The van der Waals surface area contributed by atoms with Gasteiger partial charge in [-0.2, -0.15) is 0 Å². The Balaban J connectivity index is 1.89. The molecule has 0 fully saturated rings. The number of aryl methyl sites for hydroxylation is 1. The summed E-state index contributed by atoms with van der Waals surface area (Å²) in [5, 5.41) is 3.40. The highest BCUT2D eigenvalue weighted by atomic mass is 14.9. The van der Waals surface area contributed by atoms with E-state index in [1.54, 1.807) is 0 Å². The van der Waals surface area contributed by atoms with Crippen LogP contribution in [0.25, 0.3) is 0 Å². The second kappa shape index (κ2) is 7.15. The van der Waals surface area contributed by atoms with E-state index in [0.717, 1.165) is 30.9 Å². The first-order chi connectivity index (χ1) is 9.63. The van der Waals surface area contributed by atoms with Gasteiger partial charge in [-0.25, -0.2) is 9.97 Å². The van der Waals surface area contributed by atoms with Gasteiger partial charge in [0.25, 0.3) is 0 Å². The summed E-state index contributed by atoms with van der Waals surface area (Å²) in [4.78, 5) is 8.89. The molecular formula is C17H23N3. The number of hydrogen-bond acceptors (Lipinski definition) is 3. The molecule has 0 bridgehead atoms. The normalized spacial score (nSPS) is 11.0. The maximum Gasteiger partial charge on any atom is 0.132 e. The van der Waals surface area contributed by atoms with E-state index in [9.17, 15) is 0 Å². The van der Waals surface area contributed by atoms with Crippen molar-refractivity contribution in [3.63, 3.8) is 0 Å². The summed E-state index contributed by atoms with van der Waals surface area (Å²) in [5.41, 5.74) is 3.67. The van der Waals surface area contributed by atoms with Crippen LogP contribution in [0.5, 0.6) is 0 Å². The van der Waals surface area contributed by atoms with Crippen LogP contribution in [0.4, 0.5) is 0 Å². The molecule has 0 aliphatic heterocycles. The molecule has 0 saturated carbocycles. The van der Waals surface area contributed by atoms with Crippen LogP contribution < -0.4 is 5.32 Å². The molecule has 1 heterocycles. The average Bonchev–Trinajstić information content (AvgIpc) is 2.43. The SMILES string of the molecule is Cc1ccc(Cc2ncc(CNCC(C)C)cn2)cc1. The second-order valence-electron chi connectivity index (χ2n) is 5.69. The third kappa shape index (κ3) is 4.74. The van der Waals surface area contributed by atoms with Crippen molar-refractivity contribution in [1.29, 1.82) is 0 Å². The molecule has 0 amide bonds. The molecular weight excluding hydrogens is 246 g/mol. The van der Waals surface area contributed by atoms with Crippen molar-refractivity contribution >= 4 is 0 Å². The topological polar surface area (TPSA) is 37.8 Å². The molecule has 0 aliphatic carbocycles. The Kier molecular flexibility index (Phi) is 5.24. The van der Waals surface area contributed by atoms with E-state index < -0.39 is 0 Å². The highest BCUT2D eigenvalue weighted by molar-refractivity contribution is 5.24. The van der Waals surface area contributed by atoms with E-state index in [2.05, 4.69) is 60.3 Å². The Bertz CT molecular complexity index is 515. The van der Waals surface area contributed by atoms with E-state index in [0.29, 0.717) is 5.92 Å². The van der Waals surface area contributed by atoms with Crippen molar-refractivity contribution < 1.29 is 0 Å². The highest BCUT2D eigenvalue weighted by Gasteiger charge is 2.01. The zero-order valence-corrected chi connectivity index (χ0v) is 12.6. The van der Waals surface area contributed by atoms with Crippen LogP contribution in [0.1, 0.15) is 36.4 Å². The molecule has 1 aromatic heterocycles. The summed E-state index contributed by atoms with van der Waals surface area (Å²) >= 11 is 0. The van der Waals surface area contributed by atoms with Crippen molar-refractivity contribution in [1.82, 2.24) is 15.3 Å². The molecule has 0 aliphatic rings. The van der Waals surface area contributed by atoms with Gasteiger partial charge < -0.3 is 5.32 Å². The minimum atomic E-state index is 0.664. The summed E-state index contributed by atoms with van der Waals surface area (Å²) < 4.78 is 0. The lowest BCUT2D eigenvalue weighted by Gasteiger charge is -2.07. The Morgan fingerprint density at radius 1 is 1.00 bits per heavy atom. The Labute approximate surface area is 121 Å². The third-order valence-electron chi connectivity index (χ3n) is 3.12. The number of rotatable bonds is 6. The van der Waals surface area contributed by atoms with Crippen LogP contribution in [0, 0.1) is 12.8 Å². The van der Waals surface area contributed by atoms with Gasteiger partial charge in [-0.15, -0.1) is 0 Å². The lowest BCUT2D eigenvalue weighted by molar-refractivity contribution is 0.551. The zero-order valence-electron chi connectivity index (χ0n) is 12.6. The van der Waals surface area contributed by atoms with Crippen LogP contribution in [0.3, 0.4) is 0 Å². The van der Waals surface area contributed by atoms with Crippen molar-refractivity contribution in [3.8, 4) is 0 Å². The molecule has 0 saturated heterocycles. The number of hydrogen-bond donors (Lipinski definition) is 1. The van der Waals surface area contributed by atoms with Crippen molar-refractivity contribution in [3.05, 3.63) is 59.2 Å². The molecule has 1 N–H and O–H groups in total. The fourth-order valence-corrected chi connectivity index (χ4v) is 1.96. The largest absolute Gasteiger partial charge is 0.312 e. The number of nitrogens with one attached hydrogen (secondary N) is 1. The predicted octanol–water partition coefficient (Wildman–Crippen LogP) is 3.12. The van der Waals surface area contributed by atoms with Gasteiger partial charge in [0.1, 0.15) is 5.82 Å². The first kappa shape index (κ1) is 14.7. The first-order valence-corrected chi connectivity index (χ1v) is 7.19. The standard InChI is InChI=1S/C17H23N3/c1-13(2)9-18-10-16-11-19-17(20-12-16)8-15-6-4-14(3)5-7-15/h4-7,11-13,18H,8-10H2,1-3H3. The molecule has 2 aromatic rings. The highest BCUT2D eigenvalue weighted by Crippen LogP contribution is 2.07. The van der Waals surface area contributed by atoms with Gasteiger partial charge in [0.2, 0.25) is 0 Å². The summed E-state index contributed by atoms with van der Waals surface area (Å²) in [6, 6.07) is 8.52. The first-order valence-electron chi connectivity index (χ1n) is 7.19. The van der Waals surface area contributed by atoms with Crippen LogP contribution in [-0.4, -0.2) is 16.5 Å². The second-order valence-corrected chi connectivity index (χ2v) is 5.69. The Hall–Kier alpha value is -1.74. The van der Waals surface area contributed by atoms with Crippen LogP contribution in [-0.2, 0) is 13.0 Å². The van der Waals surface area contributed by atoms with Crippen molar-refractivity contribution in [2.24, 2.45) is 5.92 Å². The summed E-state index contributed by atoms with van der Waals surface area (Å²) in [6.07, 6.45) is 4.63. The quantitative estimate of drug-likeness (QED) is 0.875. The van der Waals surface area contributed by atoms with Gasteiger partial charge in [0, 0.05) is 30.9 Å². The molecule has 0 unspecified atom stereocenters. The van der Waals surface area contributed by atoms with Gasteiger partial charge in [-0.1, -0.05) is 43.7 Å². The summed E-state index contributed by atoms with van der Waals surface area (Å²) in [5.74, 6) is 1.54. The number of nitrogens with zero attached hydrogens (tertiary/aromatic N) is 2. The van der Waals surface area contributed by atoms with Crippen LogP contribution in [0.15, 0.2) is 36.7 Å². The van der Waals surface area contributed by atoms with E-state index in [4.69, 9.17) is 0 Å². The van der Waals surface area contributed by atoms with Gasteiger partial charge in [0.15, 0.2) is 0 Å². The minimum Gasteiger partial charge on any atom is -0.312 e. The molecule has 3 heteroatoms. The molecule has 2 rings (SSSR count). The number of aromatic nitrogens is 2. The van der Waals surface area contributed by atoms with Gasteiger partial charge in [0.05, 0.1) is 0 Å². The zero-order chi connectivity index (χ0) is 14.4. The fraction of sp³-hybridized carbons (Fsp3) is 0.412. The maximum absolute atomic E-state index is 4.44. The minimum absolute atomic E-state index is 0.664. The van der Waals surface area contributed by atoms with Gasteiger partial charge in [-0.3, -0.25) is 0 Å². The Morgan fingerprint density at radius 2 is 1.65 bits per heavy atom. The van der Waals surface area contributed by atoms with E-state index in [1.807, 2.05) is 12.4 Å². The van der Waals surface area contributed by atoms with Crippen molar-refractivity contribution in [2.45, 2.75) is 33.7 Å². The van der Waals surface area contributed by atoms with Crippen LogP contribution >= 0.6 is 0 Å². The van der Waals surface area contributed by atoms with Crippen LogP contribution in [0.2, 0.25) is 0 Å². The average molecular weight is 269 g/mol. The molecule has 1 aromatic carbocycles. The van der Waals surface area contributed by atoms with E-state index in [-0.39, 0.29) is 0 Å². The smallest absolute Gasteiger partial charge is 0.132 e. The molecule has 0 radical (unpaired) electrons.